The first-order valence-corrected chi connectivity index (χ1v) is 7.58. The van der Waals surface area contributed by atoms with Gasteiger partial charge in [0, 0.05) is 24.5 Å². The number of aliphatic hydroxyl groups is 1. The molecule has 1 heterocycles. The Labute approximate surface area is 134 Å². The van der Waals surface area contributed by atoms with Crippen LogP contribution in [0.15, 0.2) is 48.9 Å². The lowest BCUT2D eigenvalue weighted by molar-refractivity contribution is 0.0963. The molecule has 1 amide bonds. The second-order valence-electron chi connectivity index (χ2n) is 5.53. The van der Waals surface area contributed by atoms with E-state index in [2.05, 4.69) is 15.3 Å². The highest BCUT2D eigenvalue weighted by atomic mass is 16.3. The number of amides is 1. The Morgan fingerprint density at radius 2 is 2.04 bits per heavy atom. The maximum atomic E-state index is 11.7. The number of carbonyl (C=O) groups excluding carboxylic acids is 1. The molecule has 23 heavy (non-hydrogen) atoms. The monoisotopic (exact) mass is 309 g/mol. The fourth-order valence-corrected chi connectivity index (χ4v) is 2.64. The molecule has 1 atom stereocenters. The summed E-state index contributed by atoms with van der Waals surface area (Å²) >= 11 is 0. The third-order valence-corrected chi connectivity index (χ3v) is 3.98. The molecule has 118 valence electrons. The molecule has 0 aliphatic rings. The van der Waals surface area contributed by atoms with Gasteiger partial charge in [0.1, 0.15) is 0 Å². The number of hydrogen-bond donors (Lipinski definition) is 3. The molecule has 0 radical (unpaired) electrons. The maximum absolute atomic E-state index is 11.7. The number of aryl methyl sites for hydroxylation is 1. The van der Waals surface area contributed by atoms with E-state index >= 15 is 0 Å². The summed E-state index contributed by atoms with van der Waals surface area (Å²) in [5.41, 5.74) is 2.53. The predicted octanol–water partition coefficient (Wildman–Crippen LogP) is 2.59. The van der Waals surface area contributed by atoms with Crippen LogP contribution in [0.5, 0.6) is 0 Å². The summed E-state index contributed by atoms with van der Waals surface area (Å²) in [4.78, 5) is 18.7. The van der Waals surface area contributed by atoms with E-state index in [9.17, 15) is 9.90 Å². The number of aliphatic hydroxyl groups excluding tert-OH is 1. The number of nitrogens with zero attached hydrogens (tertiary/aromatic N) is 1. The second kappa shape index (κ2) is 6.62. The van der Waals surface area contributed by atoms with E-state index < -0.39 is 6.10 Å². The third-order valence-electron chi connectivity index (χ3n) is 3.98. The number of imidazole rings is 1. The van der Waals surface area contributed by atoms with Gasteiger partial charge in [-0.05, 0) is 47.4 Å². The highest BCUT2D eigenvalue weighted by Gasteiger charge is 2.10. The van der Waals surface area contributed by atoms with Gasteiger partial charge >= 0.3 is 0 Å². The van der Waals surface area contributed by atoms with Crippen molar-refractivity contribution in [2.45, 2.75) is 18.9 Å². The van der Waals surface area contributed by atoms with Gasteiger partial charge in [0.05, 0.1) is 12.4 Å². The van der Waals surface area contributed by atoms with Crippen LogP contribution in [-0.2, 0) is 6.42 Å². The first-order chi connectivity index (χ1) is 11.2. The van der Waals surface area contributed by atoms with Gasteiger partial charge in [0.2, 0.25) is 0 Å². The van der Waals surface area contributed by atoms with Crippen molar-refractivity contribution in [3.05, 3.63) is 65.7 Å². The molecule has 0 saturated heterocycles. The molecule has 0 aliphatic carbocycles. The van der Waals surface area contributed by atoms with E-state index in [-0.39, 0.29) is 5.91 Å². The van der Waals surface area contributed by atoms with Crippen molar-refractivity contribution >= 4 is 16.7 Å². The lowest BCUT2D eigenvalue weighted by Gasteiger charge is -2.12. The number of carbonyl (C=O) groups is 1. The molecule has 0 spiro atoms. The van der Waals surface area contributed by atoms with Gasteiger partial charge in [-0.1, -0.05) is 18.2 Å². The summed E-state index contributed by atoms with van der Waals surface area (Å²) in [6, 6.07) is 11.4. The molecule has 1 unspecified atom stereocenters. The molecular weight excluding hydrogens is 290 g/mol. The second-order valence-corrected chi connectivity index (χ2v) is 5.53. The van der Waals surface area contributed by atoms with Crippen LogP contribution in [0.2, 0.25) is 0 Å². The number of H-pyrrole nitrogens is 1. The number of aromatic nitrogens is 2. The number of rotatable bonds is 5. The van der Waals surface area contributed by atoms with Crippen LogP contribution in [0, 0.1) is 0 Å². The first-order valence-electron chi connectivity index (χ1n) is 7.58. The summed E-state index contributed by atoms with van der Waals surface area (Å²) in [6.45, 7) is 0. The highest BCUT2D eigenvalue weighted by Crippen LogP contribution is 2.24. The van der Waals surface area contributed by atoms with E-state index in [1.54, 1.807) is 25.6 Å². The molecule has 0 fully saturated rings. The van der Waals surface area contributed by atoms with Crippen molar-refractivity contribution in [2.24, 2.45) is 0 Å². The van der Waals surface area contributed by atoms with Crippen molar-refractivity contribution in [2.75, 3.05) is 7.05 Å². The molecule has 5 nitrogen and oxygen atoms in total. The van der Waals surface area contributed by atoms with Crippen molar-refractivity contribution in [1.82, 2.24) is 15.3 Å². The number of aromatic amines is 1. The minimum absolute atomic E-state index is 0.101. The van der Waals surface area contributed by atoms with E-state index in [1.807, 2.05) is 30.3 Å². The van der Waals surface area contributed by atoms with E-state index in [0.29, 0.717) is 12.0 Å². The van der Waals surface area contributed by atoms with Crippen LogP contribution in [0.4, 0.5) is 0 Å². The zero-order valence-corrected chi connectivity index (χ0v) is 12.9. The Balaban J connectivity index is 1.78. The molecule has 1 aromatic heterocycles. The standard InChI is InChI=1S/C18H19N3O2/c1-19-18(23)15-5-3-12-8-14(4-2-13(12)9-15)17(22)7-6-16-10-20-11-21-16/h2-5,8-11,17,22H,6-7H2,1H3,(H,19,23)(H,20,21). The lowest BCUT2D eigenvalue weighted by atomic mass is 9.99. The largest absolute Gasteiger partial charge is 0.388 e. The predicted molar refractivity (Wildman–Crippen MR) is 89.2 cm³/mol. The van der Waals surface area contributed by atoms with Gasteiger partial charge in [0.25, 0.3) is 5.91 Å². The molecule has 3 N–H and O–H groups in total. The average Bonchev–Trinajstić information content (AvgIpc) is 3.11. The van der Waals surface area contributed by atoms with Crippen LogP contribution in [-0.4, -0.2) is 28.0 Å². The molecule has 5 heteroatoms. The van der Waals surface area contributed by atoms with Crippen molar-refractivity contribution in [1.29, 1.82) is 0 Å². The van der Waals surface area contributed by atoms with Gasteiger partial charge in [-0.25, -0.2) is 4.98 Å². The van der Waals surface area contributed by atoms with Crippen LogP contribution in [0.3, 0.4) is 0 Å². The zero-order valence-electron chi connectivity index (χ0n) is 12.9. The van der Waals surface area contributed by atoms with Crippen molar-refractivity contribution in [3.63, 3.8) is 0 Å². The summed E-state index contributed by atoms with van der Waals surface area (Å²) in [6.07, 6.45) is 4.26. The average molecular weight is 309 g/mol. The molecule has 0 aliphatic heterocycles. The first kappa shape index (κ1) is 15.2. The smallest absolute Gasteiger partial charge is 0.251 e. The topological polar surface area (TPSA) is 78.0 Å². The van der Waals surface area contributed by atoms with Gasteiger partial charge in [-0.2, -0.15) is 0 Å². The van der Waals surface area contributed by atoms with E-state index in [1.165, 1.54) is 0 Å². The van der Waals surface area contributed by atoms with Gasteiger partial charge in [0.15, 0.2) is 0 Å². The molecular formula is C18H19N3O2. The Morgan fingerprint density at radius 1 is 1.26 bits per heavy atom. The summed E-state index contributed by atoms with van der Waals surface area (Å²) in [5.74, 6) is -0.101. The number of nitrogens with one attached hydrogen (secondary N) is 2. The summed E-state index contributed by atoms with van der Waals surface area (Å²) < 4.78 is 0. The lowest BCUT2D eigenvalue weighted by Crippen LogP contribution is -2.17. The van der Waals surface area contributed by atoms with E-state index in [4.69, 9.17) is 0 Å². The van der Waals surface area contributed by atoms with Gasteiger partial charge in [-0.15, -0.1) is 0 Å². The molecule has 3 rings (SSSR count). The quantitative estimate of drug-likeness (QED) is 0.678. The fraction of sp³-hybridized carbons (Fsp3) is 0.222. The van der Waals surface area contributed by atoms with Crippen molar-refractivity contribution in [3.8, 4) is 0 Å². The van der Waals surface area contributed by atoms with Crippen LogP contribution >= 0.6 is 0 Å². The Kier molecular flexibility index (Phi) is 4.39. The normalized spacial score (nSPS) is 12.3. The summed E-state index contributed by atoms with van der Waals surface area (Å²) in [5, 5.41) is 15.0. The van der Waals surface area contributed by atoms with Crippen LogP contribution < -0.4 is 5.32 Å². The van der Waals surface area contributed by atoms with E-state index in [0.717, 1.165) is 28.5 Å². The third kappa shape index (κ3) is 3.40. The minimum Gasteiger partial charge on any atom is -0.388 e. The molecule has 0 saturated carbocycles. The maximum Gasteiger partial charge on any atom is 0.251 e. The Morgan fingerprint density at radius 3 is 2.78 bits per heavy atom. The fourth-order valence-electron chi connectivity index (χ4n) is 2.64. The van der Waals surface area contributed by atoms with Crippen LogP contribution in [0.1, 0.15) is 34.1 Å². The SMILES string of the molecule is CNC(=O)c1ccc2cc(C(O)CCc3cnc[nH]3)ccc2c1. The minimum atomic E-state index is -0.527. The summed E-state index contributed by atoms with van der Waals surface area (Å²) in [7, 11) is 1.62. The number of hydrogen-bond acceptors (Lipinski definition) is 3. The highest BCUT2D eigenvalue weighted by molar-refractivity contribution is 5.98. The zero-order chi connectivity index (χ0) is 16.2. The molecule has 0 bridgehead atoms. The number of fused-ring (bicyclic) bond motifs is 1. The Bertz CT molecular complexity index is 812. The molecule has 3 aromatic rings. The van der Waals surface area contributed by atoms with Gasteiger partial charge < -0.3 is 15.4 Å². The Hall–Kier alpha value is -2.66. The van der Waals surface area contributed by atoms with Crippen LogP contribution in [0.25, 0.3) is 10.8 Å². The van der Waals surface area contributed by atoms with Crippen molar-refractivity contribution < 1.29 is 9.90 Å². The number of benzene rings is 2. The van der Waals surface area contributed by atoms with Gasteiger partial charge in [-0.3, -0.25) is 4.79 Å². The molecule has 2 aromatic carbocycles.